The number of carbonyl (C=O) groups is 2. The van der Waals surface area contributed by atoms with E-state index >= 15 is 0 Å². The molecule has 1 aliphatic heterocycles. The Morgan fingerprint density at radius 2 is 2.16 bits per heavy atom. The van der Waals surface area contributed by atoms with Gasteiger partial charge in [-0.25, -0.2) is 4.39 Å². The first-order valence-corrected chi connectivity index (χ1v) is 6.01. The van der Waals surface area contributed by atoms with E-state index in [9.17, 15) is 14.0 Å². The SMILES string of the molecule is CC1C(C(=O)O)CCN1C(=O)c1cccc(F)c1N. The minimum atomic E-state index is -0.921. The number of nitrogens with zero attached hydrogens (tertiary/aromatic N) is 1. The van der Waals surface area contributed by atoms with E-state index in [-0.39, 0.29) is 11.3 Å². The van der Waals surface area contributed by atoms with Gasteiger partial charge in [-0.05, 0) is 25.5 Å². The first kappa shape index (κ1) is 13.3. The molecule has 2 unspecified atom stereocenters. The molecule has 0 radical (unpaired) electrons. The zero-order valence-electron chi connectivity index (χ0n) is 10.5. The number of rotatable bonds is 2. The van der Waals surface area contributed by atoms with Gasteiger partial charge in [-0.3, -0.25) is 9.59 Å². The third-order valence-electron chi connectivity index (χ3n) is 3.62. The first-order chi connectivity index (χ1) is 8.93. The van der Waals surface area contributed by atoms with E-state index in [1.807, 2.05) is 0 Å². The van der Waals surface area contributed by atoms with Gasteiger partial charge in [-0.1, -0.05) is 6.07 Å². The number of nitrogens with two attached hydrogens (primary N) is 1. The number of carboxylic acid groups (broad SMARTS) is 1. The zero-order chi connectivity index (χ0) is 14.2. The lowest BCUT2D eigenvalue weighted by Crippen LogP contribution is -2.38. The van der Waals surface area contributed by atoms with Crippen LogP contribution in [0.3, 0.4) is 0 Å². The number of para-hydroxylation sites is 1. The lowest BCUT2D eigenvalue weighted by molar-refractivity contribution is -0.142. The van der Waals surface area contributed by atoms with Crippen LogP contribution in [0, 0.1) is 11.7 Å². The van der Waals surface area contributed by atoms with Gasteiger partial charge in [-0.2, -0.15) is 0 Å². The predicted molar refractivity (Wildman–Crippen MR) is 67.1 cm³/mol. The van der Waals surface area contributed by atoms with Crippen LogP contribution in [-0.4, -0.2) is 34.5 Å². The molecule has 1 aliphatic rings. The average molecular weight is 266 g/mol. The second kappa shape index (κ2) is 4.87. The molecule has 1 aromatic rings. The lowest BCUT2D eigenvalue weighted by Gasteiger charge is -2.24. The van der Waals surface area contributed by atoms with Crippen molar-refractivity contribution >= 4 is 17.6 Å². The van der Waals surface area contributed by atoms with E-state index in [0.29, 0.717) is 13.0 Å². The quantitative estimate of drug-likeness (QED) is 0.791. The van der Waals surface area contributed by atoms with Gasteiger partial charge in [0, 0.05) is 12.6 Å². The summed E-state index contributed by atoms with van der Waals surface area (Å²) in [5.41, 5.74) is 5.44. The molecule has 6 heteroatoms. The van der Waals surface area contributed by atoms with E-state index in [0.717, 1.165) is 0 Å². The molecule has 1 amide bonds. The van der Waals surface area contributed by atoms with Crippen molar-refractivity contribution in [2.75, 3.05) is 12.3 Å². The van der Waals surface area contributed by atoms with Crippen molar-refractivity contribution in [2.45, 2.75) is 19.4 Å². The number of hydrogen-bond acceptors (Lipinski definition) is 3. The van der Waals surface area contributed by atoms with Gasteiger partial charge in [0.05, 0.1) is 17.2 Å². The molecule has 5 nitrogen and oxygen atoms in total. The fourth-order valence-corrected chi connectivity index (χ4v) is 2.43. The normalized spacial score (nSPS) is 22.5. The Bertz CT molecular complexity index is 533. The van der Waals surface area contributed by atoms with Gasteiger partial charge < -0.3 is 15.7 Å². The highest BCUT2D eigenvalue weighted by atomic mass is 19.1. The van der Waals surface area contributed by atoms with E-state index in [1.165, 1.54) is 23.1 Å². The van der Waals surface area contributed by atoms with Gasteiger partial charge in [0.25, 0.3) is 5.91 Å². The van der Waals surface area contributed by atoms with E-state index < -0.39 is 29.7 Å². The largest absolute Gasteiger partial charge is 0.481 e. The van der Waals surface area contributed by atoms with Crippen molar-refractivity contribution in [3.05, 3.63) is 29.6 Å². The van der Waals surface area contributed by atoms with Crippen LogP contribution in [0.4, 0.5) is 10.1 Å². The molecule has 2 atom stereocenters. The van der Waals surface area contributed by atoms with Gasteiger partial charge in [0.1, 0.15) is 5.82 Å². The third-order valence-corrected chi connectivity index (χ3v) is 3.62. The van der Waals surface area contributed by atoms with Crippen molar-refractivity contribution < 1.29 is 19.1 Å². The van der Waals surface area contributed by atoms with Crippen molar-refractivity contribution in [3.63, 3.8) is 0 Å². The highest BCUT2D eigenvalue weighted by Crippen LogP contribution is 2.27. The zero-order valence-corrected chi connectivity index (χ0v) is 10.5. The molecule has 1 aromatic carbocycles. The van der Waals surface area contributed by atoms with Crippen LogP contribution < -0.4 is 5.73 Å². The van der Waals surface area contributed by atoms with Crippen molar-refractivity contribution in [2.24, 2.45) is 5.92 Å². The number of anilines is 1. The second-order valence-corrected chi connectivity index (χ2v) is 4.67. The van der Waals surface area contributed by atoms with Crippen LogP contribution in [0.5, 0.6) is 0 Å². The van der Waals surface area contributed by atoms with Crippen molar-refractivity contribution in [1.29, 1.82) is 0 Å². The summed E-state index contributed by atoms with van der Waals surface area (Å²) >= 11 is 0. The molecular formula is C13H15FN2O3. The molecule has 2 rings (SSSR count). The fourth-order valence-electron chi connectivity index (χ4n) is 2.43. The number of nitrogen functional groups attached to an aromatic ring is 1. The van der Waals surface area contributed by atoms with Crippen LogP contribution in [0.15, 0.2) is 18.2 Å². The number of aliphatic carboxylic acids is 1. The summed E-state index contributed by atoms with van der Waals surface area (Å²) in [7, 11) is 0. The Morgan fingerprint density at radius 1 is 1.47 bits per heavy atom. The van der Waals surface area contributed by atoms with Crippen LogP contribution >= 0.6 is 0 Å². The van der Waals surface area contributed by atoms with Gasteiger partial charge >= 0.3 is 5.97 Å². The fraction of sp³-hybridized carbons (Fsp3) is 0.385. The van der Waals surface area contributed by atoms with Gasteiger partial charge in [-0.15, -0.1) is 0 Å². The maximum absolute atomic E-state index is 13.3. The first-order valence-electron chi connectivity index (χ1n) is 6.01. The molecule has 3 N–H and O–H groups in total. The van der Waals surface area contributed by atoms with E-state index in [4.69, 9.17) is 10.8 Å². The van der Waals surface area contributed by atoms with Crippen molar-refractivity contribution in [3.8, 4) is 0 Å². The van der Waals surface area contributed by atoms with Crippen LogP contribution in [0.2, 0.25) is 0 Å². The Kier molecular flexibility index (Phi) is 3.42. The highest BCUT2D eigenvalue weighted by Gasteiger charge is 2.38. The summed E-state index contributed by atoms with van der Waals surface area (Å²) in [5.74, 6) is -2.57. The Balaban J connectivity index is 2.26. The maximum Gasteiger partial charge on any atom is 0.308 e. The summed E-state index contributed by atoms with van der Waals surface area (Å²) in [5, 5.41) is 9.03. The Hall–Kier alpha value is -2.11. The minimum absolute atomic E-state index is 0.0814. The molecule has 0 aliphatic carbocycles. The van der Waals surface area contributed by atoms with Crippen LogP contribution in [-0.2, 0) is 4.79 Å². The standard InChI is InChI=1S/C13H15FN2O3/c1-7-8(13(18)19)5-6-16(7)12(17)9-3-2-4-10(14)11(9)15/h2-4,7-8H,5-6,15H2,1H3,(H,18,19). The predicted octanol–water partition coefficient (Wildman–Crippen LogP) is 1.34. The number of carbonyl (C=O) groups excluding carboxylic acids is 1. The minimum Gasteiger partial charge on any atom is -0.481 e. The molecule has 1 saturated heterocycles. The molecule has 0 spiro atoms. The molecular weight excluding hydrogens is 251 g/mol. The van der Waals surface area contributed by atoms with E-state index in [1.54, 1.807) is 6.92 Å². The van der Waals surface area contributed by atoms with Crippen LogP contribution in [0.1, 0.15) is 23.7 Å². The topological polar surface area (TPSA) is 83.6 Å². The summed E-state index contributed by atoms with van der Waals surface area (Å²) in [6, 6.07) is 3.61. The van der Waals surface area contributed by atoms with Crippen molar-refractivity contribution in [1.82, 2.24) is 4.90 Å². The molecule has 0 saturated carbocycles. The number of amides is 1. The highest BCUT2D eigenvalue weighted by molar-refractivity contribution is 5.99. The van der Waals surface area contributed by atoms with Gasteiger partial charge in [0.2, 0.25) is 0 Å². The Labute approximate surface area is 109 Å². The summed E-state index contributed by atoms with van der Waals surface area (Å²) in [6.45, 7) is 2.02. The summed E-state index contributed by atoms with van der Waals surface area (Å²) in [6.07, 6.45) is 0.400. The van der Waals surface area contributed by atoms with Crippen LogP contribution in [0.25, 0.3) is 0 Å². The monoisotopic (exact) mass is 266 g/mol. The third kappa shape index (κ3) is 2.25. The smallest absolute Gasteiger partial charge is 0.308 e. The maximum atomic E-state index is 13.3. The summed E-state index contributed by atoms with van der Waals surface area (Å²) in [4.78, 5) is 24.7. The molecule has 1 heterocycles. The number of benzene rings is 1. The molecule has 102 valence electrons. The number of likely N-dealkylation sites (tertiary alicyclic amines) is 1. The summed E-state index contributed by atoms with van der Waals surface area (Å²) < 4.78 is 13.3. The molecule has 0 bridgehead atoms. The molecule has 0 aromatic heterocycles. The lowest BCUT2D eigenvalue weighted by atomic mass is 10.0. The molecule has 19 heavy (non-hydrogen) atoms. The molecule has 1 fully saturated rings. The van der Waals surface area contributed by atoms with Gasteiger partial charge in [0.15, 0.2) is 0 Å². The number of halogens is 1. The second-order valence-electron chi connectivity index (χ2n) is 4.67. The van der Waals surface area contributed by atoms with E-state index in [2.05, 4.69) is 0 Å². The Morgan fingerprint density at radius 3 is 2.74 bits per heavy atom. The average Bonchev–Trinajstić information content (AvgIpc) is 2.74. The number of hydrogen-bond donors (Lipinski definition) is 2. The number of carboxylic acids is 1.